The second-order valence-corrected chi connectivity index (χ2v) is 8.44. The minimum Gasteiger partial charge on any atom is -0.381 e. The van der Waals surface area contributed by atoms with E-state index in [1.807, 2.05) is 6.92 Å². The van der Waals surface area contributed by atoms with Crippen molar-refractivity contribution in [3.63, 3.8) is 0 Å². The monoisotopic (exact) mass is 547 g/mol. The molecule has 6 nitrogen and oxygen atoms in total. The summed E-state index contributed by atoms with van der Waals surface area (Å²) in [6.45, 7) is 10.5. The number of likely N-dealkylation sites (tertiary alicyclic amines) is 1. The van der Waals surface area contributed by atoms with Gasteiger partial charge in [0, 0.05) is 51.5 Å². The van der Waals surface area contributed by atoms with Gasteiger partial charge in [0.15, 0.2) is 5.96 Å². The predicted octanol–water partition coefficient (Wildman–Crippen LogP) is 2.78. The maximum atomic E-state index is 13.0. The molecule has 0 spiro atoms. The van der Waals surface area contributed by atoms with Crippen molar-refractivity contribution >= 4 is 29.9 Å². The van der Waals surface area contributed by atoms with E-state index in [2.05, 4.69) is 15.1 Å². The summed E-state index contributed by atoms with van der Waals surface area (Å²) < 4.78 is 44.7. The highest BCUT2D eigenvalue weighted by Crippen LogP contribution is 2.32. The first-order valence-corrected chi connectivity index (χ1v) is 11.0. The van der Waals surface area contributed by atoms with Crippen molar-refractivity contribution in [2.75, 3.05) is 65.6 Å². The molecule has 3 rings (SSSR count). The van der Waals surface area contributed by atoms with Gasteiger partial charge < -0.3 is 15.0 Å². The van der Waals surface area contributed by atoms with Crippen LogP contribution in [0.25, 0.3) is 0 Å². The molecule has 0 amide bonds. The van der Waals surface area contributed by atoms with E-state index in [0.29, 0.717) is 26.2 Å². The smallest absolute Gasteiger partial charge is 0.381 e. The fourth-order valence-electron chi connectivity index (χ4n) is 4.69. The molecule has 176 valence electrons. The van der Waals surface area contributed by atoms with Crippen molar-refractivity contribution in [1.82, 2.24) is 20.0 Å². The number of hydrogen-bond donors (Lipinski definition) is 1. The molecule has 0 aromatic carbocycles. The third-order valence-electron chi connectivity index (χ3n) is 6.69. The van der Waals surface area contributed by atoms with E-state index in [0.717, 1.165) is 58.2 Å². The Morgan fingerprint density at radius 3 is 2.20 bits per heavy atom. The van der Waals surface area contributed by atoms with Gasteiger partial charge in [-0.1, -0.05) is 0 Å². The van der Waals surface area contributed by atoms with Crippen LogP contribution in [0, 0.1) is 0 Å². The highest BCUT2D eigenvalue weighted by atomic mass is 127. The Labute approximate surface area is 195 Å². The molecule has 3 aliphatic rings. The van der Waals surface area contributed by atoms with Gasteiger partial charge in [-0.05, 0) is 52.6 Å². The molecule has 30 heavy (non-hydrogen) atoms. The molecule has 1 atom stereocenters. The molecule has 1 unspecified atom stereocenters. The predicted molar refractivity (Wildman–Crippen MR) is 124 cm³/mol. The number of hydrogen-bond acceptors (Lipinski definition) is 4. The molecule has 0 saturated carbocycles. The third kappa shape index (κ3) is 6.35. The maximum Gasteiger partial charge on any atom is 0.403 e. The number of halogens is 4. The van der Waals surface area contributed by atoms with E-state index in [-0.39, 0.29) is 29.5 Å². The number of ether oxygens (including phenoxy) is 1. The second-order valence-electron chi connectivity index (χ2n) is 8.44. The summed E-state index contributed by atoms with van der Waals surface area (Å²) in [7, 11) is 0. The molecule has 0 aromatic rings. The van der Waals surface area contributed by atoms with Gasteiger partial charge >= 0.3 is 6.18 Å². The SMILES string of the molecule is CCNC(=NCC1(N2CCCC2)CCOCC1)N1CCN(C(C)C(F)(F)F)CC1.I. The average Bonchev–Trinajstić information content (AvgIpc) is 3.26. The van der Waals surface area contributed by atoms with E-state index in [9.17, 15) is 13.2 Å². The Morgan fingerprint density at radius 1 is 1.07 bits per heavy atom. The Bertz CT molecular complexity index is 543. The lowest BCUT2D eigenvalue weighted by Gasteiger charge is -2.44. The minimum absolute atomic E-state index is 0. The summed E-state index contributed by atoms with van der Waals surface area (Å²) in [5.41, 5.74) is 0.0576. The van der Waals surface area contributed by atoms with Crippen molar-refractivity contribution < 1.29 is 17.9 Å². The first kappa shape index (κ1) is 25.9. The van der Waals surface area contributed by atoms with Crippen LogP contribution in [0.3, 0.4) is 0 Å². The van der Waals surface area contributed by atoms with Crippen LogP contribution < -0.4 is 5.32 Å². The zero-order valence-electron chi connectivity index (χ0n) is 18.2. The van der Waals surface area contributed by atoms with Crippen LogP contribution in [0.4, 0.5) is 13.2 Å². The van der Waals surface area contributed by atoms with Gasteiger partial charge in [0.1, 0.15) is 6.04 Å². The number of alkyl halides is 3. The number of piperazine rings is 1. The molecule has 0 aromatic heterocycles. The van der Waals surface area contributed by atoms with Gasteiger partial charge in [0.25, 0.3) is 0 Å². The third-order valence-corrected chi connectivity index (χ3v) is 6.69. The molecular weight excluding hydrogens is 510 g/mol. The minimum atomic E-state index is -4.17. The van der Waals surface area contributed by atoms with E-state index in [4.69, 9.17) is 9.73 Å². The second kappa shape index (κ2) is 11.5. The van der Waals surface area contributed by atoms with E-state index in [1.165, 1.54) is 24.7 Å². The molecule has 10 heteroatoms. The average molecular weight is 547 g/mol. The van der Waals surface area contributed by atoms with E-state index < -0.39 is 12.2 Å². The molecule has 3 saturated heterocycles. The van der Waals surface area contributed by atoms with Crippen LogP contribution in [-0.2, 0) is 4.74 Å². The maximum absolute atomic E-state index is 13.0. The Morgan fingerprint density at radius 2 is 1.67 bits per heavy atom. The fraction of sp³-hybridized carbons (Fsp3) is 0.950. The Hall–Kier alpha value is -0.330. The first-order chi connectivity index (χ1) is 13.9. The molecule has 3 heterocycles. The summed E-state index contributed by atoms with van der Waals surface area (Å²) in [6.07, 6.45) is 0.295. The number of nitrogens with one attached hydrogen (secondary N) is 1. The molecule has 3 aliphatic heterocycles. The fourth-order valence-corrected chi connectivity index (χ4v) is 4.69. The van der Waals surface area contributed by atoms with Gasteiger partial charge in [-0.25, -0.2) is 0 Å². The summed E-state index contributed by atoms with van der Waals surface area (Å²) in [5, 5.41) is 3.36. The van der Waals surface area contributed by atoms with Gasteiger partial charge in [-0.3, -0.25) is 14.8 Å². The summed E-state index contributed by atoms with van der Waals surface area (Å²) >= 11 is 0. The molecule has 0 radical (unpaired) electrons. The number of rotatable bonds is 5. The van der Waals surface area contributed by atoms with Gasteiger partial charge in [0.2, 0.25) is 0 Å². The topological polar surface area (TPSA) is 43.3 Å². The first-order valence-electron chi connectivity index (χ1n) is 11.0. The van der Waals surface area contributed by atoms with Crippen molar-refractivity contribution in [2.24, 2.45) is 4.99 Å². The van der Waals surface area contributed by atoms with Crippen LogP contribution in [-0.4, -0.2) is 104 Å². The van der Waals surface area contributed by atoms with Crippen LogP contribution in [0.15, 0.2) is 4.99 Å². The largest absolute Gasteiger partial charge is 0.403 e. The summed E-state index contributed by atoms with van der Waals surface area (Å²) in [6, 6.07) is -1.40. The molecule has 0 aliphatic carbocycles. The van der Waals surface area contributed by atoms with Gasteiger partial charge in [-0.15, -0.1) is 24.0 Å². The molecular formula is C20H37F3IN5O. The molecule has 1 N–H and O–H groups in total. The van der Waals surface area contributed by atoms with Crippen LogP contribution >= 0.6 is 24.0 Å². The quantitative estimate of drug-likeness (QED) is 0.326. The van der Waals surface area contributed by atoms with Crippen molar-refractivity contribution in [1.29, 1.82) is 0 Å². The van der Waals surface area contributed by atoms with E-state index in [1.54, 1.807) is 0 Å². The lowest BCUT2D eigenvalue weighted by molar-refractivity contribution is -0.181. The lowest BCUT2D eigenvalue weighted by Crippen LogP contribution is -2.57. The number of guanidine groups is 1. The van der Waals surface area contributed by atoms with Crippen molar-refractivity contribution in [2.45, 2.75) is 57.3 Å². The summed E-state index contributed by atoms with van der Waals surface area (Å²) in [5.74, 6) is 0.830. The Kier molecular flexibility index (Phi) is 9.95. The standard InChI is InChI=1S/C20H36F3N5O.HI/c1-3-24-18(27-12-10-26(11-13-27)17(2)20(21,22)23)25-16-19(6-14-29-15-7-19)28-8-4-5-9-28;/h17H,3-16H2,1-2H3,(H,24,25);1H. The number of aliphatic imine (C=N–C) groups is 1. The molecule has 0 bridgehead atoms. The molecule has 3 fully saturated rings. The highest BCUT2D eigenvalue weighted by Gasteiger charge is 2.42. The van der Waals surface area contributed by atoms with E-state index >= 15 is 0 Å². The van der Waals surface area contributed by atoms with Gasteiger partial charge in [-0.2, -0.15) is 13.2 Å². The zero-order valence-corrected chi connectivity index (χ0v) is 20.5. The van der Waals surface area contributed by atoms with Gasteiger partial charge in [0.05, 0.1) is 6.54 Å². The van der Waals surface area contributed by atoms with Crippen LogP contribution in [0.5, 0.6) is 0 Å². The van der Waals surface area contributed by atoms with Crippen molar-refractivity contribution in [3.05, 3.63) is 0 Å². The number of nitrogens with zero attached hydrogens (tertiary/aromatic N) is 4. The van der Waals surface area contributed by atoms with Crippen LogP contribution in [0.2, 0.25) is 0 Å². The normalized spacial score (nSPS) is 25.1. The highest BCUT2D eigenvalue weighted by molar-refractivity contribution is 14.0. The Balaban J connectivity index is 0.00000320. The summed E-state index contributed by atoms with van der Waals surface area (Å²) in [4.78, 5) is 11.2. The lowest BCUT2D eigenvalue weighted by atomic mass is 9.88. The van der Waals surface area contributed by atoms with Crippen LogP contribution in [0.1, 0.15) is 39.5 Å². The van der Waals surface area contributed by atoms with Crippen molar-refractivity contribution in [3.8, 4) is 0 Å². The zero-order chi connectivity index (χ0) is 20.9.